The molecule has 0 unspecified atom stereocenters. The molecule has 1 aromatic carbocycles. The van der Waals surface area contributed by atoms with Crippen molar-refractivity contribution in [1.82, 2.24) is 14.9 Å². The van der Waals surface area contributed by atoms with E-state index in [2.05, 4.69) is 39.1 Å². The minimum absolute atomic E-state index is 0.0424. The third kappa shape index (κ3) is 2.88. The van der Waals surface area contributed by atoms with Crippen LogP contribution in [0.4, 0.5) is 0 Å². The van der Waals surface area contributed by atoms with Gasteiger partial charge < -0.3 is 10.7 Å². The summed E-state index contributed by atoms with van der Waals surface area (Å²) in [5.41, 5.74) is 8.08. The molecule has 1 aliphatic heterocycles. The van der Waals surface area contributed by atoms with Crippen molar-refractivity contribution in [2.45, 2.75) is 12.5 Å². The van der Waals surface area contributed by atoms with Crippen LogP contribution in [0.1, 0.15) is 17.3 Å². The first-order valence-corrected chi connectivity index (χ1v) is 9.06. The predicted molar refractivity (Wildman–Crippen MR) is 97.2 cm³/mol. The number of aromatic nitrogens is 2. The molecule has 24 heavy (non-hydrogen) atoms. The zero-order valence-electron chi connectivity index (χ0n) is 13.3. The van der Waals surface area contributed by atoms with E-state index < -0.39 is 0 Å². The number of aromatic amines is 1. The molecule has 6 heteroatoms. The number of benzene rings is 1. The summed E-state index contributed by atoms with van der Waals surface area (Å²) >= 11 is 1.43. The normalized spacial score (nSPS) is 21.5. The number of nitrogens with one attached hydrogen (secondary N) is 1. The molecular weight excluding hydrogens is 320 g/mol. The van der Waals surface area contributed by atoms with Gasteiger partial charge in [-0.3, -0.25) is 9.69 Å². The van der Waals surface area contributed by atoms with Gasteiger partial charge in [-0.1, -0.05) is 30.3 Å². The van der Waals surface area contributed by atoms with Gasteiger partial charge in [0, 0.05) is 19.0 Å². The van der Waals surface area contributed by atoms with Gasteiger partial charge in [0.05, 0.1) is 12.1 Å². The van der Waals surface area contributed by atoms with Gasteiger partial charge in [-0.2, -0.15) is 0 Å². The van der Waals surface area contributed by atoms with Crippen LogP contribution in [0.2, 0.25) is 0 Å². The summed E-state index contributed by atoms with van der Waals surface area (Å²) in [7, 11) is 0. The van der Waals surface area contributed by atoms with E-state index in [0.29, 0.717) is 29.6 Å². The summed E-state index contributed by atoms with van der Waals surface area (Å²) in [6, 6.07) is 12.4. The maximum atomic E-state index is 12.1. The fraction of sp³-hybridized carbons (Fsp3) is 0.333. The highest BCUT2D eigenvalue weighted by Crippen LogP contribution is 2.32. The number of nitrogens with two attached hydrogens (primary N) is 1. The molecule has 5 nitrogen and oxygen atoms in total. The Kier molecular flexibility index (Phi) is 4.18. The van der Waals surface area contributed by atoms with Crippen LogP contribution < -0.4 is 11.3 Å². The summed E-state index contributed by atoms with van der Waals surface area (Å²) in [6.45, 7) is 3.20. The Morgan fingerprint density at radius 1 is 1.25 bits per heavy atom. The molecule has 0 saturated carbocycles. The lowest BCUT2D eigenvalue weighted by Gasteiger charge is -2.16. The van der Waals surface area contributed by atoms with E-state index in [1.807, 2.05) is 17.5 Å². The van der Waals surface area contributed by atoms with E-state index in [1.165, 1.54) is 16.9 Å². The standard InChI is InChI=1S/C18H20N4OS/c19-8-13-9-22(10-14(13)12-4-2-1-3-5-12)11-16-20-15-6-7-24-17(15)18(23)21-16/h1-7,13-14H,8-11,19H2,(H,20,21,23)/t13-,14+/m1/s1. The monoisotopic (exact) mass is 340 g/mol. The predicted octanol–water partition coefficient (Wildman–Crippen LogP) is 2.16. The molecule has 1 aliphatic rings. The third-order valence-corrected chi connectivity index (χ3v) is 5.69. The summed E-state index contributed by atoms with van der Waals surface area (Å²) in [5.74, 6) is 1.60. The van der Waals surface area contributed by atoms with Crippen LogP contribution in [0.3, 0.4) is 0 Å². The van der Waals surface area contributed by atoms with Gasteiger partial charge in [-0.15, -0.1) is 11.3 Å². The molecule has 2 atom stereocenters. The molecule has 1 fully saturated rings. The second-order valence-corrected chi connectivity index (χ2v) is 7.27. The van der Waals surface area contributed by atoms with E-state index in [9.17, 15) is 4.79 Å². The second-order valence-electron chi connectivity index (χ2n) is 6.35. The van der Waals surface area contributed by atoms with Gasteiger partial charge in [0.15, 0.2) is 0 Å². The van der Waals surface area contributed by atoms with E-state index in [0.717, 1.165) is 24.4 Å². The molecule has 3 N–H and O–H groups in total. The Hall–Kier alpha value is -2.02. The average molecular weight is 340 g/mol. The minimum Gasteiger partial charge on any atom is -0.330 e. The van der Waals surface area contributed by atoms with Crippen molar-refractivity contribution in [3.63, 3.8) is 0 Å². The van der Waals surface area contributed by atoms with Crippen LogP contribution in [-0.2, 0) is 6.54 Å². The van der Waals surface area contributed by atoms with Crippen LogP contribution in [0, 0.1) is 5.92 Å². The number of H-pyrrole nitrogens is 1. The number of thiophene rings is 1. The molecular formula is C18H20N4OS. The number of hydrogen-bond acceptors (Lipinski definition) is 5. The van der Waals surface area contributed by atoms with Gasteiger partial charge in [0.1, 0.15) is 10.5 Å². The lowest BCUT2D eigenvalue weighted by molar-refractivity contribution is 0.309. The summed E-state index contributed by atoms with van der Waals surface area (Å²) in [4.78, 5) is 22.0. The van der Waals surface area contributed by atoms with E-state index in [-0.39, 0.29) is 5.56 Å². The minimum atomic E-state index is -0.0424. The SMILES string of the molecule is NC[C@@H]1CN(Cc2nc3ccsc3c(=O)[nH]2)C[C@H]1c1ccccc1. The van der Waals surface area contributed by atoms with Crippen molar-refractivity contribution >= 4 is 21.6 Å². The van der Waals surface area contributed by atoms with Gasteiger partial charge in [-0.25, -0.2) is 4.98 Å². The van der Waals surface area contributed by atoms with Crippen molar-refractivity contribution in [1.29, 1.82) is 0 Å². The first-order chi connectivity index (χ1) is 11.7. The van der Waals surface area contributed by atoms with Gasteiger partial charge >= 0.3 is 0 Å². The van der Waals surface area contributed by atoms with Crippen molar-refractivity contribution in [3.05, 3.63) is 63.5 Å². The summed E-state index contributed by atoms with van der Waals surface area (Å²) < 4.78 is 0.696. The molecule has 0 amide bonds. The second kappa shape index (κ2) is 6.47. The summed E-state index contributed by atoms with van der Waals surface area (Å²) in [6.07, 6.45) is 0. The Morgan fingerprint density at radius 3 is 2.88 bits per heavy atom. The fourth-order valence-electron chi connectivity index (χ4n) is 3.61. The zero-order valence-corrected chi connectivity index (χ0v) is 14.1. The molecule has 0 aliphatic carbocycles. The first kappa shape index (κ1) is 15.5. The van der Waals surface area contributed by atoms with Crippen molar-refractivity contribution < 1.29 is 0 Å². The third-order valence-electron chi connectivity index (χ3n) is 4.78. The Morgan fingerprint density at radius 2 is 2.08 bits per heavy atom. The van der Waals surface area contributed by atoms with Crippen LogP contribution in [-0.4, -0.2) is 34.5 Å². The van der Waals surface area contributed by atoms with Crippen LogP contribution >= 0.6 is 11.3 Å². The molecule has 124 valence electrons. The highest BCUT2D eigenvalue weighted by Gasteiger charge is 2.33. The fourth-order valence-corrected chi connectivity index (χ4v) is 4.34. The number of likely N-dealkylation sites (tertiary alicyclic amines) is 1. The Labute approximate surface area is 144 Å². The maximum Gasteiger partial charge on any atom is 0.268 e. The molecule has 2 aromatic heterocycles. The van der Waals surface area contributed by atoms with E-state index >= 15 is 0 Å². The molecule has 0 radical (unpaired) electrons. The van der Waals surface area contributed by atoms with Crippen molar-refractivity contribution in [2.75, 3.05) is 19.6 Å². The molecule has 4 rings (SSSR count). The van der Waals surface area contributed by atoms with Crippen LogP contribution in [0.25, 0.3) is 10.2 Å². The topological polar surface area (TPSA) is 75.0 Å². The summed E-state index contributed by atoms with van der Waals surface area (Å²) in [5, 5.41) is 1.91. The molecule has 0 bridgehead atoms. The smallest absolute Gasteiger partial charge is 0.268 e. The molecule has 1 saturated heterocycles. The first-order valence-electron chi connectivity index (χ1n) is 8.18. The highest BCUT2D eigenvalue weighted by atomic mass is 32.1. The maximum absolute atomic E-state index is 12.1. The van der Waals surface area contributed by atoms with Crippen LogP contribution in [0.15, 0.2) is 46.6 Å². The Bertz CT molecular complexity index is 889. The average Bonchev–Trinajstić information content (AvgIpc) is 3.22. The van der Waals surface area contributed by atoms with Gasteiger partial charge in [0.25, 0.3) is 5.56 Å². The lowest BCUT2D eigenvalue weighted by atomic mass is 9.89. The number of rotatable bonds is 4. The quantitative estimate of drug-likeness (QED) is 0.763. The largest absolute Gasteiger partial charge is 0.330 e. The highest BCUT2D eigenvalue weighted by molar-refractivity contribution is 7.17. The van der Waals surface area contributed by atoms with Gasteiger partial charge in [-0.05, 0) is 29.5 Å². The Balaban J connectivity index is 1.55. The van der Waals surface area contributed by atoms with Crippen molar-refractivity contribution in [2.24, 2.45) is 11.7 Å². The van der Waals surface area contributed by atoms with E-state index in [1.54, 1.807) is 0 Å². The van der Waals surface area contributed by atoms with Gasteiger partial charge in [0.2, 0.25) is 0 Å². The van der Waals surface area contributed by atoms with Crippen molar-refractivity contribution in [3.8, 4) is 0 Å². The number of hydrogen-bond donors (Lipinski definition) is 2. The molecule has 3 aromatic rings. The van der Waals surface area contributed by atoms with E-state index in [4.69, 9.17) is 5.73 Å². The number of fused-ring (bicyclic) bond motifs is 1. The van der Waals surface area contributed by atoms with Crippen LogP contribution in [0.5, 0.6) is 0 Å². The number of nitrogens with zero attached hydrogens (tertiary/aromatic N) is 2. The lowest BCUT2D eigenvalue weighted by Crippen LogP contribution is -2.25. The molecule has 3 heterocycles. The zero-order chi connectivity index (χ0) is 16.5. The molecule has 0 spiro atoms.